The van der Waals surface area contributed by atoms with Gasteiger partial charge in [-0.3, -0.25) is 19.8 Å². The molecule has 2 atom stereocenters. The van der Waals surface area contributed by atoms with Crippen molar-refractivity contribution >= 4 is 5.91 Å². The van der Waals surface area contributed by atoms with Crippen LogP contribution in [-0.2, 0) is 13.1 Å². The Morgan fingerprint density at radius 1 is 1.03 bits per heavy atom. The molecule has 4 rings (SSSR count). The maximum Gasteiger partial charge on any atom is 0.274 e. The van der Waals surface area contributed by atoms with Crippen LogP contribution < -0.4 is 5.48 Å². The first-order valence-electron chi connectivity index (χ1n) is 10.7. The molecule has 31 heavy (non-hydrogen) atoms. The molecule has 0 radical (unpaired) electrons. The molecule has 0 aliphatic carbocycles. The monoisotopic (exact) mass is 419 g/mol. The summed E-state index contributed by atoms with van der Waals surface area (Å²) in [5, 5.41) is 8.77. The smallest absolute Gasteiger partial charge is 0.274 e. The molecule has 0 saturated carbocycles. The van der Waals surface area contributed by atoms with Crippen molar-refractivity contribution in [2.24, 2.45) is 0 Å². The lowest BCUT2D eigenvalue weighted by molar-refractivity contribution is 0.0291. The average molecular weight is 420 g/mol. The summed E-state index contributed by atoms with van der Waals surface area (Å²) in [6.45, 7) is 8.29. The van der Waals surface area contributed by atoms with Crippen LogP contribution in [0, 0.1) is 0 Å². The predicted octanol–water partition coefficient (Wildman–Crippen LogP) is 4.16. The normalized spacial score (nSPS) is 20.0. The second-order valence-corrected chi connectivity index (χ2v) is 8.37. The molecule has 3 aromatic rings. The molecule has 1 aliphatic heterocycles. The summed E-state index contributed by atoms with van der Waals surface area (Å²) >= 11 is 0. The van der Waals surface area contributed by atoms with Crippen molar-refractivity contribution in [2.45, 2.75) is 39.0 Å². The van der Waals surface area contributed by atoms with Gasteiger partial charge in [-0.2, -0.15) is 0 Å². The number of benzene rings is 2. The number of piperazine rings is 1. The Kier molecular flexibility index (Phi) is 6.51. The van der Waals surface area contributed by atoms with Gasteiger partial charge in [0.2, 0.25) is 0 Å². The van der Waals surface area contributed by atoms with E-state index < -0.39 is 5.91 Å². The van der Waals surface area contributed by atoms with Crippen LogP contribution >= 0.6 is 0 Å². The van der Waals surface area contributed by atoms with E-state index in [0.29, 0.717) is 17.6 Å². The first-order valence-corrected chi connectivity index (χ1v) is 10.7. The van der Waals surface area contributed by atoms with Crippen molar-refractivity contribution in [3.05, 3.63) is 83.8 Å². The van der Waals surface area contributed by atoms with Gasteiger partial charge in [-0.15, -0.1) is 0 Å². The Labute approximate surface area is 183 Å². The second-order valence-electron chi connectivity index (χ2n) is 8.37. The number of hydroxylamine groups is 1. The van der Waals surface area contributed by atoms with E-state index in [1.807, 2.05) is 18.2 Å². The van der Waals surface area contributed by atoms with Gasteiger partial charge in [-0.25, -0.2) is 5.48 Å². The van der Waals surface area contributed by atoms with Crippen LogP contribution in [0.1, 0.15) is 35.3 Å². The third-order valence-corrected chi connectivity index (χ3v) is 6.10. The van der Waals surface area contributed by atoms with Gasteiger partial charge in [0.25, 0.3) is 5.91 Å². The fourth-order valence-corrected chi connectivity index (χ4v) is 4.54. The predicted molar refractivity (Wildman–Crippen MR) is 120 cm³/mol. The number of nitrogens with zero attached hydrogens (tertiary/aromatic N) is 2. The van der Waals surface area contributed by atoms with E-state index in [-0.39, 0.29) is 0 Å². The molecule has 1 amide bonds. The highest BCUT2D eigenvalue weighted by Crippen LogP contribution is 2.27. The van der Waals surface area contributed by atoms with Gasteiger partial charge in [0.15, 0.2) is 0 Å². The molecule has 0 bridgehead atoms. The maximum atomic E-state index is 11.5. The zero-order valence-corrected chi connectivity index (χ0v) is 18.0. The number of amides is 1. The first kappa shape index (κ1) is 21.3. The van der Waals surface area contributed by atoms with Crippen LogP contribution in [0.25, 0.3) is 11.1 Å². The van der Waals surface area contributed by atoms with Crippen LogP contribution in [0.2, 0.25) is 0 Å². The van der Waals surface area contributed by atoms with Crippen molar-refractivity contribution in [1.82, 2.24) is 15.3 Å². The fraction of sp³-hybridized carbons (Fsp3) is 0.320. The summed E-state index contributed by atoms with van der Waals surface area (Å²) in [6, 6.07) is 18.8. The minimum absolute atomic E-state index is 0.408. The van der Waals surface area contributed by atoms with Crippen LogP contribution in [0.3, 0.4) is 0 Å². The fourth-order valence-electron chi connectivity index (χ4n) is 4.54. The topological polar surface area (TPSA) is 69.0 Å². The third-order valence-electron chi connectivity index (χ3n) is 6.10. The van der Waals surface area contributed by atoms with Gasteiger partial charge in [0, 0.05) is 49.4 Å². The largest absolute Gasteiger partial charge is 0.472 e. The molecular formula is C25H29N3O3. The van der Waals surface area contributed by atoms with Gasteiger partial charge in [-0.05, 0) is 48.7 Å². The van der Waals surface area contributed by atoms with E-state index in [2.05, 4.69) is 47.9 Å². The minimum Gasteiger partial charge on any atom is -0.472 e. The first-order chi connectivity index (χ1) is 15.0. The second kappa shape index (κ2) is 9.47. The Bertz CT molecular complexity index is 989. The Hall–Kier alpha value is -2.93. The van der Waals surface area contributed by atoms with Gasteiger partial charge in [-0.1, -0.05) is 36.4 Å². The minimum atomic E-state index is -0.488. The molecule has 1 saturated heterocycles. The van der Waals surface area contributed by atoms with Crippen molar-refractivity contribution in [3.63, 3.8) is 0 Å². The quantitative estimate of drug-likeness (QED) is 0.464. The molecule has 1 fully saturated rings. The molecule has 2 heterocycles. The number of hydrogen-bond donors (Lipinski definition) is 2. The summed E-state index contributed by atoms with van der Waals surface area (Å²) in [6.07, 6.45) is 3.52. The lowest BCUT2D eigenvalue weighted by Gasteiger charge is -2.44. The zero-order chi connectivity index (χ0) is 21.8. The Morgan fingerprint density at radius 3 is 2.39 bits per heavy atom. The molecule has 1 aliphatic rings. The molecular weight excluding hydrogens is 390 g/mol. The highest BCUT2D eigenvalue weighted by molar-refractivity contribution is 5.93. The van der Waals surface area contributed by atoms with E-state index >= 15 is 0 Å². The molecule has 0 unspecified atom stereocenters. The van der Waals surface area contributed by atoms with E-state index in [4.69, 9.17) is 9.62 Å². The zero-order valence-electron chi connectivity index (χ0n) is 18.0. The van der Waals surface area contributed by atoms with Crippen LogP contribution in [0.5, 0.6) is 0 Å². The highest BCUT2D eigenvalue weighted by Gasteiger charge is 2.29. The average Bonchev–Trinajstić information content (AvgIpc) is 3.31. The summed E-state index contributed by atoms with van der Waals surface area (Å²) in [5.74, 6) is -0.488. The van der Waals surface area contributed by atoms with Crippen molar-refractivity contribution in [1.29, 1.82) is 0 Å². The van der Waals surface area contributed by atoms with E-state index in [9.17, 15) is 4.79 Å². The number of nitrogens with one attached hydrogen (secondary N) is 1. The highest BCUT2D eigenvalue weighted by atomic mass is 16.5. The van der Waals surface area contributed by atoms with E-state index in [0.717, 1.165) is 37.3 Å². The van der Waals surface area contributed by atoms with Crippen molar-refractivity contribution < 1.29 is 14.4 Å². The van der Waals surface area contributed by atoms with Crippen molar-refractivity contribution in [2.75, 3.05) is 13.1 Å². The third kappa shape index (κ3) is 4.88. The molecule has 2 aromatic carbocycles. The number of rotatable bonds is 6. The number of carbonyl (C=O) groups excluding carboxylic acids is 1. The van der Waals surface area contributed by atoms with Crippen LogP contribution in [0.15, 0.2) is 71.5 Å². The summed E-state index contributed by atoms with van der Waals surface area (Å²) < 4.78 is 5.29. The van der Waals surface area contributed by atoms with Crippen LogP contribution in [-0.4, -0.2) is 46.1 Å². The SMILES string of the molecule is C[C@@H]1CN(Cc2ccccc2-c2ccoc2)C[C@H](C)N1Cc1ccc(C(=O)NO)cc1. The molecule has 1 aromatic heterocycles. The standard InChI is InChI=1S/C25H29N3O3/c1-18-13-27(16-22-5-3-4-6-24(22)23-11-12-31-17-23)14-19(2)28(18)15-20-7-9-21(10-8-20)25(29)26-30/h3-12,17-19,30H,13-16H2,1-2H3,(H,26,29)/t18-,19+. The number of carbonyl (C=O) groups is 1. The van der Waals surface area contributed by atoms with Gasteiger partial charge in [0.05, 0.1) is 12.5 Å². The molecule has 6 heteroatoms. The van der Waals surface area contributed by atoms with Crippen LogP contribution in [0.4, 0.5) is 0 Å². The van der Waals surface area contributed by atoms with Gasteiger partial charge in [0.1, 0.15) is 0 Å². The summed E-state index contributed by atoms with van der Waals surface area (Å²) in [7, 11) is 0. The summed E-state index contributed by atoms with van der Waals surface area (Å²) in [4.78, 5) is 16.6. The van der Waals surface area contributed by atoms with E-state index in [1.165, 1.54) is 11.1 Å². The lowest BCUT2D eigenvalue weighted by atomic mass is 10.00. The summed E-state index contributed by atoms with van der Waals surface area (Å²) in [5.41, 5.74) is 6.95. The lowest BCUT2D eigenvalue weighted by Crippen LogP contribution is -2.55. The van der Waals surface area contributed by atoms with Gasteiger partial charge >= 0.3 is 0 Å². The molecule has 6 nitrogen and oxygen atoms in total. The van der Waals surface area contributed by atoms with Gasteiger partial charge < -0.3 is 4.42 Å². The molecule has 162 valence electrons. The number of furan rings is 1. The molecule has 0 spiro atoms. The Morgan fingerprint density at radius 2 is 1.74 bits per heavy atom. The van der Waals surface area contributed by atoms with E-state index in [1.54, 1.807) is 30.1 Å². The molecule has 2 N–H and O–H groups in total. The number of hydrogen-bond acceptors (Lipinski definition) is 5. The Balaban J connectivity index is 1.41. The van der Waals surface area contributed by atoms with Crippen molar-refractivity contribution in [3.8, 4) is 11.1 Å². The maximum absolute atomic E-state index is 11.5.